The second-order valence-corrected chi connectivity index (χ2v) is 10.6. The number of halogens is 1. The second-order valence-electron chi connectivity index (χ2n) is 10.6. The predicted molar refractivity (Wildman–Crippen MR) is 151 cm³/mol. The van der Waals surface area contributed by atoms with Gasteiger partial charge in [-0.05, 0) is 56.9 Å². The minimum Gasteiger partial charge on any atom is -0.496 e. The van der Waals surface area contributed by atoms with Crippen LogP contribution in [0.2, 0.25) is 0 Å². The predicted octanol–water partition coefficient (Wildman–Crippen LogP) is 2.89. The number of rotatable bonds is 10. The van der Waals surface area contributed by atoms with E-state index < -0.39 is 11.5 Å². The quantitative estimate of drug-likeness (QED) is 0.304. The molecule has 2 atom stereocenters. The summed E-state index contributed by atoms with van der Waals surface area (Å²) in [7, 11) is 3.00. The second kappa shape index (κ2) is 11.8. The van der Waals surface area contributed by atoms with Gasteiger partial charge in [0.15, 0.2) is 11.6 Å². The van der Waals surface area contributed by atoms with E-state index in [9.17, 15) is 9.18 Å². The Morgan fingerprint density at radius 3 is 2.45 bits per heavy atom. The van der Waals surface area contributed by atoms with Gasteiger partial charge in [0, 0.05) is 36.8 Å². The van der Waals surface area contributed by atoms with Crippen LogP contribution in [0.25, 0.3) is 11.4 Å². The SMILES string of the molecule is COc1cc(-n2c(CC(N)=NC(C)C)nn(-c3ccc(CCN4C5CCC4COC5)c(OC)c3)c2=O)ccc1F. The van der Waals surface area contributed by atoms with Crippen molar-refractivity contribution in [3.8, 4) is 22.9 Å². The Labute approximate surface area is 233 Å². The molecule has 2 aliphatic heterocycles. The third-order valence-corrected chi connectivity index (χ3v) is 7.55. The summed E-state index contributed by atoms with van der Waals surface area (Å²) in [5.74, 6) is 0.885. The summed E-state index contributed by atoms with van der Waals surface area (Å²) >= 11 is 0. The van der Waals surface area contributed by atoms with Crippen molar-refractivity contribution in [1.82, 2.24) is 19.2 Å². The first-order chi connectivity index (χ1) is 19.3. The Morgan fingerprint density at radius 2 is 1.77 bits per heavy atom. The van der Waals surface area contributed by atoms with Gasteiger partial charge in [0.1, 0.15) is 17.4 Å². The molecule has 2 N–H and O–H groups in total. The van der Waals surface area contributed by atoms with E-state index in [0.29, 0.717) is 40.9 Å². The van der Waals surface area contributed by atoms with Gasteiger partial charge in [-0.3, -0.25) is 9.89 Å². The summed E-state index contributed by atoms with van der Waals surface area (Å²) in [5.41, 5.74) is 7.77. The summed E-state index contributed by atoms with van der Waals surface area (Å²) in [6.45, 7) is 6.36. The number of hydrogen-bond acceptors (Lipinski definition) is 7. The molecule has 0 spiro atoms. The van der Waals surface area contributed by atoms with Crippen LogP contribution in [0.1, 0.15) is 38.1 Å². The minimum atomic E-state index is -0.528. The normalized spacial score (nSPS) is 19.4. The number of benzene rings is 2. The molecule has 0 aliphatic carbocycles. The summed E-state index contributed by atoms with van der Waals surface area (Å²) < 4.78 is 33.5. The van der Waals surface area contributed by atoms with Crippen LogP contribution in [0.3, 0.4) is 0 Å². The Balaban J connectivity index is 1.49. The standard InChI is InChI=1S/C29H37FN6O4/c1-18(2)32-27(31)15-28-33-36(29(37)35(28)20-9-10-24(30)26(13-20)39-4)21-6-5-19(25(14-21)38-3)11-12-34-22-7-8-23(34)17-40-16-22/h5-6,9-10,13-14,18,22-23H,7-8,11-12,15-17H2,1-4H3,(H2,31,32). The lowest BCUT2D eigenvalue weighted by molar-refractivity contribution is -0.0138. The number of fused-ring (bicyclic) bond motifs is 2. The maximum absolute atomic E-state index is 14.2. The Kier molecular flexibility index (Phi) is 8.22. The molecule has 40 heavy (non-hydrogen) atoms. The molecule has 11 heteroatoms. The smallest absolute Gasteiger partial charge is 0.355 e. The summed E-state index contributed by atoms with van der Waals surface area (Å²) in [5, 5.41) is 4.63. The van der Waals surface area contributed by atoms with Crippen LogP contribution in [0.5, 0.6) is 11.5 Å². The minimum absolute atomic E-state index is 0.0161. The first kappa shape index (κ1) is 27.9. The van der Waals surface area contributed by atoms with Crippen molar-refractivity contribution >= 4 is 5.84 Å². The number of ether oxygens (including phenoxy) is 3. The number of amidine groups is 1. The van der Waals surface area contributed by atoms with Crippen molar-refractivity contribution < 1.29 is 18.6 Å². The molecule has 5 rings (SSSR count). The van der Waals surface area contributed by atoms with Gasteiger partial charge >= 0.3 is 5.69 Å². The lowest BCUT2D eigenvalue weighted by Crippen LogP contribution is -2.46. The lowest BCUT2D eigenvalue weighted by atomic mass is 10.1. The molecule has 0 saturated carbocycles. The number of aliphatic imine (C=N–C) groups is 1. The Bertz CT molecular complexity index is 1430. The number of hydrogen-bond donors (Lipinski definition) is 1. The monoisotopic (exact) mass is 552 g/mol. The van der Waals surface area contributed by atoms with Crippen LogP contribution in [0.4, 0.5) is 4.39 Å². The van der Waals surface area contributed by atoms with Gasteiger partial charge in [-0.15, -0.1) is 5.10 Å². The van der Waals surface area contributed by atoms with Gasteiger partial charge in [0.25, 0.3) is 0 Å². The van der Waals surface area contributed by atoms with E-state index in [0.717, 1.165) is 31.7 Å². The summed E-state index contributed by atoms with van der Waals surface area (Å²) in [6, 6.07) is 10.9. The van der Waals surface area contributed by atoms with E-state index in [2.05, 4.69) is 15.0 Å². The highest BCUT2D eigenvalue weighted by Gasteiger charge is 2.36. The Morgan fingerprint density at radius 1 is 1.10 bits per heavy atom. The first-order valence-electron chi connectivity index (χ1n) is 13.7. The maximum atomic E-state index is 14.2. The molecule has 2 unspecified atom stereocenters. The molecule has 2 bridgehead atoms. The highest BCUT2D eigenvalue weighted by atomic mass is 19.1. The number of nitrogens with zero attached hydrogens (tertiary/aromatic N) is 5. The lowest BCUT2D eigenvalue weighted by Gasteiger charge is -2.34. The van der Waals surface area contributed by atoms with Crippen molar-refractivity contribution in [3.05, 3.63) is 64.1 Å². The van der Waals surface area contributed by atoms with Gasteiger partial charge in [0.05, 0.1) is 45.2 Å². The van der Waals surface area contributed by atoms with Gasteiger partial charge in [-0.2, -0.15) is 4.68 Å². The fourth-order valence-corrected chi connectivity index (χ4v) is 5.68. The zero-order valence-corrected chi connectivity index (χ0v) is 23.5. The average molecular weight is 553 g/mol. The molecule has 2 aromatic carbocycles. The van der Waals surface area contributed by atoms with Crippen LogP contribution < -0.4 is 20.9 Å². The first-order valence-corrected chi connectivity index (χ1v) is 13.7. The Hall–Kier alpha value is -3.70. The third kappa shape index (κ3) is 5.62. The zero-order chi connectivity index (χ0) is 28.4. The summed E-state index contributed by atoms with van der Waals surface area (Å²) in [4.78, 5) is 20.7. The molecule has 2 fully saturated rings. The van der Waals surface area contributed by atoms with Crippen molar-refractivity contribution in [2.45, 2.75) is 57.7 Å². The average Bonchev–Trinajstić information content (AvgIpc) is 3.36. The number of nitrogens with two attached hydrogens (primary N) is 1. The molecule has 0 amide bonds. The molecule has 10 nitrogen and oxygen atoms in total. The fraction of sp³-hybridized carbons (Fsp3) is 0.483. The molecular formula is C29H37FN6O4. The van der Waals surface area contributed by atoms with Crippen LogP contribution >= 0.6 is 0 Å². The van der Waals surface area contributed by atoms with Gasteiger partial charge in [0.2, 0.25) is 0 Å². The topological polar surface area (TPSA) is 109 Å². The van der Waals surface area contributed by atoms with E-state index in [1.165, 1.54) is 47.4 Å². The van der Waals surface area contributed by atoms with Crippen molar-refractivity contribution in [2.75, 3.05) is 34.0 Å². The molecule has 214 valence electrons. The molecule has 3 aromatic rings. The van der Waals surface area contributed by atoms with Crippen LogP contribution in [0, 0.1) is 5.82 Å². The highest BCUT2D eigenvalue weighted by Crippen LogP contribution is 2.30. The van der Waals surface area contributed by atoms with Crippen LogP contribution in [0.15, 0.2) is 46.2 Å². The number of aromatic nitrogens is 3. The van der Waals surface area contributed by atoms with Gasteiger partial charge in [-0.1, -0.05) is 6.07 Å². The van der Waals surface area contributed by atoms with E-state index in [1.807, 2.05) is 32.0 Å². The van der Waals surface area contributed by atoms with Gasteiger partial charge < -0.3 is 19.9 Å². The van der Waals surface area contributed by atoms with E-state index >= 15 is 0 Å². The van der Waals surface area contributed by atoms with Crippen molar-refractivity contribution in [3.63, 3.8) is 0 Å². The molecule has 2 aliphatic rings. The van der Waals surface area contributed by atoms with Crippen molar-refractivity contribution in [2.24, 2.45) is 10.7 Å². The number of methoxy groups -OCH3 is 2. The van der Waals surface area contributed by atoms with E-state index in [4.69, 9.17) is 19.9 Å². The number of morpholine rings is 1. The summed E-state index contributed by atoms with van der Waals surface area (Å²) in [6.07, 6.45) is 3.32. The zero-order valence-electron chi connectivity index (χ0n) is 23.5. The molecule has 2 saturated heterocycles. The largest absolute Gasteiger partial charge is 0.496 e. The highest BCUT2D eigenvalue weighted by molar-refractivity contribution is 5.82. The van der Waals surface area contributed by atoms with Crippen LogP contribution in [-0.4, -0.2) is 77.2 Å². The third-order valence-electron chi connectivity index (χ3n) is 7.55. The fourth-order valence-electron chi connectivity index (χ4n) is 5.68. The molecule has 1 aromatic heterocycles. The maximum Gasteiger partial charge on any atom is 0.355 e. The van der Waals surface area contributed by atoms with Crippen molar-refractivity contribution in [1.29, 1.82) is 0 Å². The molecule has 0 radical (unpaired) electrons. The van der Waals surface area contributed by atoms with E-state index in [-0.39, 0.29) is 18.2 Å². The van der Waals surface area contributed by atoms with Crippen LogP contribution in [-0.2, 0) is 17.6 Å². The van der Waals surface area contributed by atoms with Gasteiger partial charge in [-0.25, -0.2) is 13.8 Å². The van der Waals surface area contributed by atoms with E-state index in [1.54, 1.807) is 7.11 Å². The molecular weight excluding hydrogens is 515 g/mol. The molecule has 3 heterocycles.